The number of nitrogens with one attached hydrogen (secondary N) is 2. The van der Waals surface area contributed by atoms with Crippen LogP contribution in [0.4, 0.5) is 5.69 Å². The summed E-state index contributed by atoms with van der Waals surface area (Å²) in [6, 6.07) is 12.5. The van der Waals surface area contributed by atoms with E-state index in [2.05, 4.69) is 17.6 Å². The molecule has 0 bridgehead atoms. The fourth-order valence-corrected chi connectivity index (χ4v) is 5.27. The Hall–Kier alpha value is -4.41. The van der Waals surface area contributed by atoms with Crippen LogP contribution in [0.3, 0.4) is 0 Å². The largest absolute Gasteiger partial charge is 0.486 e. The van der Waals surface area contributed by atoms with Gasteiger partial charge < -0.3 is 29.6 Å². The third-order valence-electron chi connectivity index (χ3n) is 7.69. The van der Waals surface area contributed by atoms with Crippen molar-refractivity contribution in [1.29, 1.82) is 0 Å². The molecule has 250 valence electrons. The van der Waals surface area contributed by atoms with E-state index in [0.29, 0.717) is 19.3 Å². The number of ether oxygens (including phenoxy) is 4. The maximum atomic E-state index is 13.7. The summed E-state index contributed by atoms with van der Waals surface area (Å²) in [7, 11) is 0. The van der Waals surface area contributed by atoms with Crippen molar-refractivity contribution in [3.05, 3.63) is 59.7 Å². The highest BCUT2D eigenvalue weighted by Gasteiger charge is 2.44. The number of hydrogen-bond donors (Lipinski definition) is 2. The second-order valence-corrected chi connectivity index (χ2v) is 12.0. The van der Waals surface area contributed by atoms with E-state index in [1.807, 2.05) is 44.2 Å². The van der Waals surface area contributed by atoms with Gasteiger partial charge in [0, 0.05) is 6.42 Å². The topological polar surface area (TPSA) is 146 Å². The second kappa shape index (κ2) is 17.9. The maximum absolute atomic E-state index is 13.7. The molecule has 5 atom stereocenters. The monoisotopic (exact) mass is 638 g/mol. The van der Waals surface area contributed by atoms with Crippen LogP contribution in [0.15, 0.2) is 48.5 Å². The van der Waals surface area contributed by atoms with Gasteiger partial charge in [-0.15, -0.1) is 0 Å². The lowest BCUT2D eigenvalue weighted by Crippen LogP contribution is -2.50. The molecule has 1 fully saturated rings. The van der Waals surface area contributed by atoms with Crippen LogP contribution >= 0.6 is 0 Å². The first-order valence-corrected chi connectivity index (χ1v) is 16.0. The Morgan fingerprint density at radius 3 is 2.33 bits per heavy atom. The molecule has 2 aromatic carbocycles. The van der Waals surface area contributed by atoms with Crippen LogP contribution in [-0.2, 0) is 40.0 Å². The molecule has 2 aromatic rings. The highest BCUT2D eigenvalue weighted by molar-refractivity contribution is 6.01. The van der Waals surface area contributed by atoms with Gasteiger partial charge in [-0.1, -0.05) is 82.9 Å². The molecule has 11 heteroatoms. The van der Waals surface area contributed by atoms with Gasteiger partial charge in [0.2, 0.25) is 6.41 Å². The van der Waals surface area contributed by atoms with Crippen molar-refractivity contribution < 1.29 is 42.9 Å². The first kappa shape index (κ1) is 36.1. The molecule has 0 aliphatic carbocycles. The van der Waals surface area contributed by atoms with E-state index in [9.17, 15) is 24.0 Å². The molecular weight excluding hydrogens is 592 g/mol. The molecule has 0 unspecified atom stereocenters. The Labute approximate surface area is 270 Å². The molecule has 0 saturated carbocycles. The summed E-state index contributed by atoms with van der Waals surface area (Å²) in [6.45, 7) is 8.99. The van der Waals surface area contributed by atoms with Crippen LogP contribution in [0.2, 0.25) is 0 Å². The minimum atomic E-state index is -1.39. The number of anilines is 1. The smallest absolute Gasteiger partial charge is 0.332 e. The number of hydrogen-bond acceptors (Lipinski definition) is 9. The van der Waals surface area contributed by atoms with E-state index in [1.54, 1.807) is 19.1 Å². The third kappa shape index (κ3) is 10.3. The molecule has 1 aliphatic rings. The van der Waals surface area contributed by atoms with Gasteiger partial charge in [-0.2, -0.15) is 0 Å². The lowest BCUT2D eigenvalue weighted by Gasteiger charge is -2.29. The van der Waals surface area contributed by atoms with Crippen LogP contribution < -0.4 is 15.4 Å². The summed E-state index contributed by atoms with van der Waals surface area (Å²) in [6.07, 6.45) is 1.35. The number of esters is 3. The number of amides is 2. The Morgan fingerprint density at radius 1 is 0.935 bits per heavy atom. The van der Waals surface area contributed by atoms with Crippen molar-refractivity contribution in [3.63, 3.8) is 0 Å². The first-order chi connectivity index (χ1) is 22.0. The van der Waals surface area contributed by atoms with Crippen LogP contribution in [0, 0.1) is 11.8 Å². The quantitative estimate of drug-likeness (QED) is 0.114. The predicted octanol–water partition coefficient (Wildman–Crippen LogP) is 5.35. The minimum Gasteiger partial charge on any atom is -0.486 e. The Balaban J connectivity index is 1.88. The Bertz CT molecular complexity index is 1330. The van der Waals surface area contributed by atoms with Crippen molar-refractivity contribution in [1.82, 2.24) is 5.32 Å². The van der Waals surface area contributed by atoms with E-state index >= 15 is 0 Å². The summed E-state index contributed by atoms with van der Waals surface area (Å²) in [4.78, 5) is 64.9. The average molecular weight is 639 g/mol. The number of para-hydroxylation sites is 1. The molecule has 1 heterocycles. The van der Waals surface area contributed by atoms with Crippen molar-refractivity contribution in [2.24, 2.45) is 11.8 Å². The van der Waals surface area contributed by atoms with E-state index in [4.69, 9.17) is 18.9 Å². The first-order valence-electron chi connectivity index (χ1n) is 16.0. The van der Waals surface area contributed by atoms with Gasteiger partial charge in [0.15, 0.2) is 17.9 Å². The van der Waals surface area contributed by atoms with Gasteiger partial charge >= 0.3 is 17.9 Å². The number of unbranched alkanes of at least 4 members (excludes halogenated alkanes) is 3. The molecule has 3 rings (SSSR count). The van der Waals surface area contributed by atoms with Gasteiger partial charge in [-0.05, 0) is 43.9 Å². The maximum Gasteiger partial charge on any atom is 0.332 e. The van der Waals surface area contributed by atoms with E-state index < -0.39 is 54.1 Å². The molecule has 0 spiro atoms. The Morgan fingerprint density at radius 2 is 1.65 bits per heavy atom. The van der Waals surface area contributed by atoms with Gasteiger partial charge in [-0.25, -0.2) is 4.79 Å². The number of carbonyl (C=O) groups is 5. The molecule has 2 N–H and O–H groups in total. The SMILES string of the molecule is CCCCCC[C@H]1C(=O)O[C@H](C)[C@H](NC(=O)c2cccc(NC=O)c2OCc2ccccc2)C(=O)O[C@@H](C)[C@@H]1OC(=O)CC(C)C. The molecule has 2 amide bonds. The molecular formula is C35H46N2O9. The fraction of sp³-hybridized carbons (Fsp3) is 0.514. The zero-order valence-electron chi connectivity index (χ0n) is 27.3. The normalized spacial score (nSPS) is 21.6. The summed E-state index contributed by atoms with van der Waals surface area (Å²) < 4.78 is 23.3. The molecule has 1 saturated heterocycles. The highest BCUT2D eigenvalue weighted by Crippen LogP contribution is 2.31. The number of rotatable bonds is 15. The van der Waals surface area contributed by atoms with Crippen LogP contribution in [0.5, 0.6) is 5.75 Å². The van der Waals surface area contributed by atoms with E-state index in [-0.39, 0.29) is 35.9 Å². The molecule has 11 nitrogen and oxygen atoms in total. The highest BCUT2D eigenvalue weighted by atomic mass is 16.6. The zero-order valence-corrected chi connectivity index (χ0v) is 27.3. The van der Waals surface area contributed by atoms with Gasteiger partial charge in [-0.3, -0.25) is 19.2 Å². The average Bonchev–Trinajstić information content (AvgIpc) is 3.04. The third-order valence-corrected chi connectivity index (χ3v) is 7.69. The zero-order chi connectivity index (χ0) is 33.6. The number of benzene rings is 2. The van der Waals surface area contributed by atoms with Crippen molar-refractivity contribution in [2.45, 2.75) is 104 Å². The summed E-state index contributed by atoms with van der Waals surface area (Å²) >= 11 is 0. The molecule has 1 aliphatic heterocycles. The van der Waals surface area contributed by atoms with Crippen molar-refractivity contribution in [3.8, 4) is 5.75 Å². The number of cyclic esters (lactones) is 2. The standard InChI is InChI=1S/C35H46N2O9/c1-6-7-8-12-16-27-31(46-29(39)19-22(2)3)24(5)45-35(42)30(23(4)44-34(27)41)37-33(40)26-17-13-18-28(36-21-38)32(26)43-20-25-14-10-9-11-15-25/h9-11,13-15,17-18,21-24,27,30-31H,6-8,12,16,19-20H2,1-5H3,(H,36,38)(H,37,40)/t23-,24+,27-,30+,31+/m1/s1. The van der Waals surface area contributed by atoms with Crippen molar-refractivity contribution in [2.75, 3.05) is 5.32 Å². The molecule has 46 heavy (non-hydrogen) atoms. The number of carbonyl (C=O) groups excluding carboxylic acids is 5. The Kier molecular flexibility index (Phi) is 14.0. The van der Waals surface area contributed by atoms with Gasteiger partial charge in [0.1, 0.15) is 18.8 Å². The minimum absolute atomic E-state index is 0.0260. The molecule has 0 aromatic heterocycles. The van der Waals surface area contributed by atoms with Crippen molar-refractivity contribution >= 4 is 35.9 Å². The van der Waals surface area contributed by atoms with Crippen LogP contribution in [0.1, 0.15) is 89.1 Å². The summed E-state index contributed by atoms with van der Waals surface area (Å²) in [5, 5.41) is 5.18. The summed E-state index contributed by atoms with van der Waals surface area (Å²) in [5.41, 5.74) is 1.12. The lowest BCUT2D eigenvalue weighted by molar-refractivity contribution is -0.175. The van der Waals surface area contributed by atoms with Gasteiger partial charge in [0.25, 0.3) is 5.91 Å². The predicted molar refractivity (Wildman–Crippen MR) is 171 cm³/mol. The van der Waals surface area contributed by atoms with E-state index in [1.165, 1.54) is 13.0 Å². The van der Waals surface area contributed by atoms with Gasteiger partial charge in [0.05, 0.1) is 17.2 Å². The second-order valence-electron chi connectivity index (χ2n) is 12.0. The van der Waals surface area contributed by atoms with Crippen LogP contribution in [-0.4, -0.2) is 54.6 Å². The summed E-state index contributed by atoms with van der Waals surface area (Å²) in [5.74, 6) is -3.46. The fourth-order valence-electron chi connectivity index (χ4n) is 5.27. The lowest BCUT2D eigenvalue weighted by atomic mass is 9.92. The molecule has 0 radical (unpaired) electrons. The van der Waals surface area contributed by atoms with E-state index in [0.717, 1.165) is 24.8 Å². The van der Waals surface area contributed by atoms with Crippen LogP contribution in [0.25, 0.3) is 0 Å².